The summed E-state index contributed by atoms with van der Waals surface area (Å²) >= 11 is 0. The van der Waals surface area contributed by atoms with E-state index in [1.807, 2.05) is 0 Å². The van der Waals surface area contributed by atoms with Crippen molar-refractivity contribution in [3.8, 4) is 6.07 Å². The van der Waals surface area contributed by atoms with Crippen LogP contribution in [0.2, 0.25) is 0 Å². The van der Waals surface area contributed by atoms with Crippen LogP contribution in [0.3, 0.4) is 0 Å². The molecule has 0 radical (unpaired) electrons. The summed E-state index contributed by atoms with van der Waals surface area (Å²) < 4.78 is 59.0. The number of halogens is 4. The van der Waals surface area contributed by atoms with E-state index in [9.17, 15) is 31.9 Å². The zero-order valence-corrected chi connectivity index (χ0v) is 21.9. The highest BCUT2D eigenvalue weighted by Crippen LogP contribution is 2.30. The third kappa shape index (κ3) is 7.25. The second-order valence-corrected chi connectivity index (χ2v) is 10.1. The van der Waals surface area contributed by atoms with Crippen LogP contribution in [-0.4, -0.2) is 59.5 Å². The monoisotopic (exact) mass is 548 g/mol. The highest BCUT2D eigenvalue weighted by molar-refractivity contribution is 6.06. The number of carbonyl (C=O) groups excluding carboxylic acids is 3. The molecular formula is C27H28F4N4O4. The van der Waals surface area contributed by atoms with Crippen LogP contribution in [0.25, 0.3) is 0 Å². The molecule has 0 N–H and O–H groups in total. The molecule has 2 aromatic carbocycles. The van der Waals surface area contributed by atoms with Crippen LogP contribution in [-0.2, 0) is 27.0 Å². The molecule has 0 spiro atoms. The van der Waals surface area contributed by atoms with Gasteiger partial charge in [0.05, 0.1) is 22.9 Å². The van der Waals surface area contributed by atoms with Gasteiger partial charge >= 0.3 is 12.3 Å². The molecule has 8 nitrogen and oxygen atoms in total. The number of hydrogen-bond donors (Lipinski definition) is 0. The standard InChI is InChI=1S/C27H28F4N4O4/c1-26(2,3)39-25(38)33(4)12-11-22-24(37)35(21-10-7-18(14-32)13-20(21)28)16-23(36)34(22)15-17-5-8-19(9-6-17)27(29,30)31/h5-10,13,22H,11-12,15-16H2,1-4H3/t22-/m1/s1. The summed E-state index contributed by atoms with van der Waals surface area (Å²) in [6.07, 6.45) is -5.23. The Kier molecular flexibility index (Phi) is 8.53. The largest absolute Gasteiger partial charge is 0.444 e. The molecule has 39 heavy (non-hydrogen) atoms. The molecule has 208 valence electrons. The molecule has 0 saturated carbocycles. The van der Waals surface area contributed by atoms with Crippen LogP contribution < -0.4 is 4.90 Å². The number of carbonyl (C=O) groups is 3. The lowest BCUT2D eigenvalue weighted by Gasteiger charge is -2.41. The first-order valence-corrected chi connectivity index (χ1v) is 12.0. The maximum atomic E-state index is 14.8. The topological polar surface area (TPSA) is 94.0 Å². The van der Waals surface area contributed by atoms with Gasteiger partial charge in [-0.15, -0.1) is 0 Å². The van der Waals surface area contributed by atoms with Crippen molar-refractivity contribution in [2.24, 2.45) is 0 Å². The van der Waals surface area contributed by atoms with Gasteiger partial charge < -0.3 is 14.5 Å². The van der Waals surface area contributed by atoms with Gasteiger partial charge in [0.1, 0.15) is 24.0 Å². The van der Waals surface area contributed by atoms with Crippen molar-refractivity contribution in [1.29, 1.82) is 5.26 Å². The molecule has 0 aromatic heterocycles. The van der Waals surface area contributed by atoms with E-state index in [4.69, 9.17) is 10.00 Å². The maximum absolute atomic E-state index is 14.8. The second-order valence-electron chi connectivity index (χ2n) is 10.1. The number of nitriles is 1. The van der Waals surface area contributed by atoms with Crippen molar-refractivity contribution in [3.63, 3.8) is 0 Å². The van der Waals surface area contributed by atoms with Crippen molar-refractivity contribution in [2.75, 3.05) is 25.0 Å². The number of amides is 3. The van der Waals surface area contributed by atoms with E-state index in [1.165, 1.54) is 41.1 Å². The first kappa shape index (κ1) is 29.4. The smallest absolute Gasteiger partial charge is 0.416 e. The first-order chi connectivity index (χ1) is 18.1. The number of alkyl halides is 3. The number of nitrogens with zero attached hydrogens (tertiary/aromatic N) is 4. The zero-order chi connectivity index (χ0) is 29.1. The van der Waals surface area contributed by atoms with Crippen molar-refractivity contribution < 1.29 is 36.7 Å². The molecule has 0 unspecified atom stereocenters. The maximum Gasteiger partial charge on any atom is 0.416 e. The summed E-state index contributed by atoms with van der Waals surface area (Å²) in [7, 11) is 1.46. The SMILES string of the molecule is CN(CC[C@@H]1C(=O)N(c2ccc(C#N)cc2F)CC(=O)N1Cc1ccc(C(F)(F)F)cc1)C(=O)OC(C)(C)C. The molecule has 0 bridgehead atoms. The fourth-order valence-electron chi connectivity index (χ4n) is 4.01. The third-order valence-corrected chi connectivity index (χ3v) is 5.99. The lowest BCUT2D eigenvalue weighted by molar-refractivity contribution is -0.144. The molecule has 1 aliphatic heterocycles. The van der Waals surface area contributed by atoms with Crippen molar-refractivity contribution in [1.82, 2.24) is 9.80 Å². The quantitative estimate of drug-likeness (QED) is 0.487. The molecule has 3 rings (SSSR count). The third-order valence-electron chi connectivity index (χ3n) is 5.99. The Morgan fingerprint density at radius 3 is 2.31 bits per heavy atom. The van der Waals surface area contributed by atoms with Crippen molar-refractivity contribution >= 4 is 23.6 Å². The molecule has 1 saturated heterocycles. The number of ether oxygens (including phenoxy) is 1. The minimum absolute atomic E-state index is 0.00813. The summed E-state index contributed by atoms with van der Waals surface area (Å²) in [6.45, 7) is 4.38. The number of benzene rings is 2. The van der Waals surface area contributed by atoms with E-state index < -0.39 is 53.7 Å². The summed E-state index contributed by atoms with van der Waals surface area (Å²) in [5, 5.41) is 9.01. The van der Waals surface area contributed by atoms with Gasteiger partial charge in [-0.25, -0.2) is 9.18 Å². The van der Waals surface area contributed by atoms with Crippen LogP contribution in [0.5, 0.6) is 0 Å². The van der Waals surface area contributed by atoms with Gasteiger partial charge in [0, 0.05) is 20.1 Å². The van der Waals surface area contributed by atoms with Gasteiger partial charge in [-0.05, 0) is 63.1 Å². The zero-order valence-electron chi connectivity index (χ0n) is 21.9. The molecule has 3 amide bonds. The van der Waals surface area contributed by atoms with Crippen LogP contribution in [0, 0.1) is 17.1 Å². The van der Waals surface area contributed by atoms with Gasteiger partial charge in [0.15, 0.2) is 0 Å². The fraction of sp³-hybridized carbons (Fsp3) is 0.407. The Balaban J connectivity index is 1.89. The Morgan fingerprint density at radius 1 is 1.13 bits per heavy atom. The predicted octanol–water partition coefficient (Wildman–Crippen LogP) is 4.72. The minimum Gasteiger partial charge on any atom is -0.444 e. The van der Waals surface area contributed by atoms with E-state index in [-0.39, 0.29) is 30.8 Å². The fourth-order valence-corrected chi connectivity index (χ4v) is 4.01. The van der Waals surface area contributed by atoms with Gasteiger partial charge in [-0.2, -0.15) is 18.4 Å². The van der Waals surface area contributed by atoms with Crippen LogP contribution in [0.15, 0.2) is 42.5 Å². The van der Waals surface area contributed by atoms with E-state index in [1.54, 1.807) is 26.8 Å². The average molecular weight is 549 g/mol. The first-order valence-electron chi connectivity index (χ1n) is 12.0. The normalized spacial score (nSPS) is 16.2. The highest BCUT2D eigenvalue weighted by atomic mass is 19.4. The molecule has 1 atom stereocenters. The molecule has 1 heterocycles. The summed E-state index contributed by atoms with van der Waals surface area (Å²) in [5.74, 6) is -2.07. The molecule has 12 heteroatoms. The lowest BCUT2D eigenvalue weighted by atomic mass is 10.0. The molecule has 1 aliphatic rings. The van der Waals surface area contributed by atoms with E-state index >= 15 is 0 Å². The second kappa shape index (κ2) is 11.3. The molecule has 0 aliphatic carbocycles. The minimum atomic E-state index is -4.53. The van der Waals surface area contributed by atoms with Crippen molar-refractivity contribution in [3.05, 3.63) is 65.0 Å². The number of hydrogen-bond acceptors (Lipinski definition) is 5. The van der Waals surface area contributed by atoms with Crippen LogP contribution >= 0.6 is 0 Å². The lowest BCUT2D eigenvalue weighted by Crippen LogP contribution is -2.60. The summed E-state index contributed by atoms with van der Waals surface area (Å²) in [5.41, 5.74) is -1.42. The summed E-state index contributed by atoms with van der Waals surface area (Å²) in [6, 6.07) is 8.34. The van der Waals surface area contributed by atoms with Gasteiger partial charge in [-0.1, -0.05) is 12.1 Å². The van der Waals surface area contributed by atoms with Crippen LogP contribution in [0.1, 0.15) is 43.9 Å². The molecular weight excluding hydrogens is 520 g/mol. The van der Waals surface area contributed by atoms with Gasteiger partial charge in [0.25, 0.3) is 0 Å². The number of anilines is 1. The number of rotatable bonds is 6. The van der Waals surface area contributed by atoms with Gasteiger partial charge in [-0.3, -0.25) is 14.5 Å². The van der Waals surface area contributed by atoms with Gasteiger partial charge in [0.2, 0.25) is 11.8 Å². The Hall–Kier alpha value is -4.14. The Morgan fingerprint density at radius 2 is 1.77 bits per heavy atom. The Bertz CT molecular complexity index is 1280. The van der Waals surface area contributed by atoms with Crippen LogP contribution in [0.4, 0.5) is 28.0 Å². The average Bonchev–Trinajstić information content (AvgIpc) is 2.84. The molecule has 1 fully saturated rings. The van der Waals surface area contributed by atoms with E-state index in [0.717, 1.165) is 23.1 Å². The molecule has 2 aromatic rings. The van der Waals surface area contributed by atoms with Crippen molar-refractivity contribution in [2.45, 2.75) is 51.6 Å². The highest BCUT2D eigenvalue weighted by Gasteiger charge is 2.41. The Labute approximate surface area is 223 Å². The summed E-state index contributed by atoms with van der Waals surface area (Å²) in [4.78, 5) is 42.7. The van der Waals surface area contributed by atoms with E-state index in [0.29, 0.717) is 5.56 Å². The number of piperazine rings is 1. The van der Waals surface area contributed by atoms with E-state index in [2.05, 4.69) is 0 Å². The predicted molar refractivity (Wildman–Crippen MR) is 133 cm³/mol.